The van der Waals surface area contributed by atoms with Crippen molar-refractivity contribution in [2.75, 3.05) is 6.61 Å². The quantitative estimate of drug-likeness (QED) is 0.294. The fourth-order valence-corrected chi connectivity index (χ4v) is 3.01. The zero-order valence-corrected chi connectivity index (χ0v) is 17.5. The minimum Gasteiger partial charge on any atom is -0.479 e. The third kappa shape index (κ3) is 5.83. The van der Waals surface area contributed by atoms with Crippen molar-refractivity contribution in [3.05, 3.63) is 65.2 Å². The lowest BCUT2D eigenvalue weighted by Gasteiger charge is -2.14. The third-order valence-electron chi connectivity index (χ3n) is 4.37. The highest BCUT2D eigenvalue weighted by Crippen LogP contribution is 2.37. The zero-order chi connectivity index (χ0) is 23.3. The Morgan fingerprint density at radius 2 is 1.75 bits per heavy atom. The fourth-order valence-electron chi connectivity index (χ4n) is 2.79. The van der Waals surface area contributed by atoms with E-state index in [9.17, 15) is 18.0 Å². The first-order chi connectivity index (χ1) is 15.2. The van der Waals surface area contributed by atoms with E-state index in [0.717, 1.165) is 23.6 Å². The van der Waals surface area contributed by atoms with Gasteiger partial charge in [-0.1, -0.05) is 23.7 Å². The molecule has 0 aromatic heterocycles. The summed E-state index contributed by atoms with van der Waals surface area (Å²) in [6.07, 6.45) is -5.28. The van der Waals surface area contributed by atoms with Crippen LogP contribution in [0.4, 0.5) is 13.2 Å². The van der Waals surface area contributed by atoms with E-state index in [2.05, 4.69) is 0 Å². The summed E-state index contributed by atoms with van der Waals surface area (Å²) in [6, 6.07) is 15.0. The van der Waals surface area contributed by atoms with Crippen LogP contribution in [0.2, 0.25) is 5.02 Å². The van der Waals surface area contributed by atoms with Gasteiger partial charge in [0, 0.05) is 0 Å². The standard InChI is InChI=1S/C23H17ClF3NO4/c1-14(22(29)30-10-2-9-28)31-18-6-3-15-4-7-19(12-16(15)11-18)32-21-8-5-17(13-20(21)24)23(25,26)27/h3-8,11-14H,2,10H2,1H3. The lowest BCUT2D eigenvalue weighted by Crippen LogP contribution is -2.26. The number of nitrogens with zero attached hydrogens (tertiary/aromatic N) is 1. The van der Waals surface area contributed by atoms with E-state index < -0.39 is 23.8 Å². The van der Waals surface area contributed by atoms with E-state index in [0.29, 0.717) is 16.9 Å². The van der Waals surface area contributed by atoms with Crippen LogP contribution >= 0.6 is 11.6 Å². The van der Waals surface area contributed by atoms with E-state index in [1.54, 1.807) is 36.4 Å². The monoisotopic (exact) mass is 463 g/mol. The van der Waals surface area contributed by atoms with Crippen LogP contribution in [-0.4, -0.2) is 18.7 Å². The summed E-state index contributed by atoms with van der Waals surface area (Å²) < 4.78 is 54.6. The summed E-state index contributed by atoms with van der Waals surface area (Å²) in [4.78, 5) is 11.9. The molecule has 0 saturated heterocycles. The Morgan fingerprint density at radius 1 is 1.06 bits per heavy atom. The van der Waals surface area contributed by atoms with Gasteiger partial charge in [-0.25, -0.2) is 4.79 Å². The van der Waals surface area contributed by atoms with Gasteiger partial charge in [0.15, 0.2) is 6.10 Å². The molecule has 0 amide bonds. The minimum absolute atomic E-state index is 0.00599. The van der Waals surface area contributed by atoms with Gasteiger partial charge in [0.05, 0.1) is 23.1 Å². The number of hydrogen-bond donors (Lipinski definition) is 0. The largest absolute Gasteiger partial charge is 0.479 e. The third-order valence-corrected chi connectivity index (χ3v) is 4.67. The smallest absolute Gasteiger partial charge is 0.416 e. The summed E-state index contributed by atoms with van der Waals surface area (Å²) in [7, 11) is 0. The number of halogens is 4. The Balaban J connectivity index is 1.75. The van der Waals surface area contributed by atoms with Crippen molar-refractivity contribution < 1.29 is 32.2 Å². The van der Waals surface area contributed by atoms with Crippen LogP contribution in [0.3, 0.4) is 0 Å². The molecule has 0 radical (unpaired) electrons. The summed E-state index contributed by atoms with van der Waals surface area (Å²) in [5, 5.41) is 9.90. The topological polar surface area (TPSA) is 68.6 Å². The maximum absolute atomic E-state index is 12.8. The molecule has 3 rings (SSSR count). The highest BCUT2D eigenvalue weighted by molar-refractivity contribution is 6.32. The van der Waals surface area contributed by atoms with Crippen molar-refractivity contribution in [2.45, 2.75) is 25.6 Å². The van der Waals surface area contributed by atoms with Crippen LogP contribution in [0.15, 0.2) is 54.6 Å². The SMILES string of the molecule is CC(Oc1ccc2ccc(Oc3ccc(C(F)(F)F)cc3Cl)cc2c1)C(=O)OCCC#N. The van der Waals surface area contributed by atoms with Gasteiger partial charge >= 0.3 is 12.1 Å². The van der Waals surface area contributed by atoms with Gasteiger partial charge in [-0.15, -0.1) is 0 Å². The predicted molar refractivity (Wildman–Crippen MR) is 112 cm³/mol. The Bertz CT molecular complexity index is 1170. The maximum atomic E-state index is 12.8. The fraction of sp³-hybridized carbons (Fsp3) is 0.217. The lowest BCUT2D eigenvalue weighted by molar-refractivity contribution is -0.150. The van der Waals surface area contributed by atoms with Crippen LogP contribution in [0.1, 0.15) is 18.9 Å². The van der Waals surface area contributed by atoms with Crippen LogP contribution in [0.5, 0.6) is 17.2 Å². The molecule has 0 aliphatic heterocycles. The van der Waals surface area contributed by atoms with Crippen LogP contribution in [0, 0.1) is 11.3 Å². The van der Waals surface area contributed by atoms with E-state index in [1.807, 2.05) is 6.07 Å². The Morgan fingerprint density at radius 3 is 2.41 bits per heavy atom. The first-order valence-corrected chi connectivity index (χ1v) is 9.84. The Hall–Kier alpha value is -3.44. The number of carbonyl (C=O) groups excluding carboxylic acids is 1. The summed E-state index contributed by atoms with van der Waals surface area (Å²) >= 11 is 5.95. The van der Waals surface area contributed by atoms with Crippen molar-refractivity contribution in [3.63, 3.8) is 0 Å². The molecule has 0 N–H and O–H groups in total. The molecular formula is C23H17ClF3NO4. The molecule has 0 spiro atoms. The molecule has 166 valence electrons. The normalized spacial score (nSPS) is 12.1. The minimum atomic E-state index is -4.50. The highest BCUT2D eigenvalue weighted by Gasteiger charge is 2.31. The number of fused-ring (bicyclic) bond motifs is 1. The maximum Gasteiger partial charge on any atom is 0.416 e. The molecule has 0 heterocycles. The Kier molecular flexibility index (Phi) is 7.11. The molecule has 5 nitrogen and oxygen atoms in total. The molecular weight excluding hydrogens is 447 g/mol. The average Bonchev–Trinajstić information content (AvgIpc) is 2.74. The van der Waals surface area contributed by atoms with Crippen molar-refractivity contribution in [1.29, 1.82) is 5.26 Å². The molecule has 1 unspecified atom stereocenters. The van der Waals surface area contributed by atoms with Gasteiger partial charge in [0.1, 0.15) is 23.9 Å². The molecule has 1 atom stereocenters. The number of hydrogen-bond acceptors (Lipinski definition) is 5. The number of carbonyl (C=O) groups is 1. The number of esters is 1. The number of nitriles is 1. The van der Waals surface area contributed by atoms with E-state index >= 15 is 0 Å². The van der Waals surface area contributed by atoms with Gasteiger partial charge in [0.25, 0.3) is 0 Å². The molecule has 32 heavy (non-hydrogen) atoms. The molecule has 9 heteroatoms. The lowest BCUT2D eigenvalue weighted by atomic mass is 10.1. The first kappa shape index (κ1) is 23.2. The average molecular weight is 464 g/mol. The molecule has 0 fully saturated rings. The van der Waals surface area contributed by atoms with Crippen molar-refractivity contribution >= 4 is 28.3 Å². The van der Waals surface area contributed by atoms with Crippen LogP contribution in [0.25, 0.3) is 10.8 Å². The second-order valence-electron chi connectivity index (χ2n) is 6.75. The van der Waals surface area contributed by atoms with Gasteiger partial charge in [0.2, 0.25) is 0 Å². The van der Waals surface area contributed by atoms with Crippen LogP contribution in [-0.2, 0) is 15.7 Å². The number of benzene rings is 3. The van der Waals surface area contributed by atoms with Gasteiger partial charge in [-0.05, 0) is 60.2 Å². The van der Waals surface area contributed by atoms with Crippen molar-refractivity contribution in [3.8, 4) is 23.3 Å². The summed E-state index contributed by atoms with van der Waals surface area (Å²) in [5.41, 5.74) is -0.865. The predicted octanol–water partition coefficient (Wildman–Crippen LogP) is 6.53. The zero-order valence-electron chi connectivity index (χ0n) is 16.8. The Labute approximate surface area is 186 Å². The van der Waals surface area contributed by atoms with Crippen molar-refractivity contribution in [2.24, 2.45) is 0 Å². The molecule has 0 aliphatic carbocycles. The molecule has 0 saturated carbocycles. The number of alkyl halides is 3. The summed E-state index contributed by atoms with van der Waals surface area (Å²) in [5.74, 6) is 0.266. The second-order valence-corrected chi connectivity index (χ2v) is 7.16. The molecule has 0 bridgehead atoms. The van der Waals surface area contributed by atoms with Crippen molar-refractivity contribution in [1.82, 2.24) is 0 Å². The molecule has 3 aromatic rings. The van der Waals surface area contributed by atoms with Crippen LogP contribution < -0.4 is 9.47 Å². The molecule has 3 aromatic carbocycles. The van der Waals surface area contributed by atoms with Gasteiger partial charge < -0.3 is 14.2 Å². The van der Waals surface area contributed by atoms with Gasteiger partial charge in [-0.2, -0.15) is 18.4 Å². The number of ether oxygens (including phenoxy) is 3. The van der Waals surface area contributed by atoms with E-state index in [-0.39, 0.29) is 23.8 Å². The molecule has 0 aliphatic rings. The van der Waals surface area contributed by atoms with E-state index in [4.69, 9.17) is 31.1 Å². The van der Waals surface area contributed by atoms with E-state index in [1.165, 1.54) is 6.92 Å². The second kappa shape index (κ2) is 9.79. The summed E-state index contributed by atoms with van der Waals surface area (Å²) in [6.45, 7) is 1.53. The highest BCUT2D eigenvalue weighted by atomic mass is 35.5. The number of rotatable bonds is 7. The van der Waals surface area contributed by atoms with Gasteiger partial charge in [-0.3, -0.25) is 0 Å². The first-order valence-electron chi connectivity index (χ1n) is 9.46.